The summed E-state index contributed by atoms with van der Waals surface area (Å²) >= 11 is 10.7. The normalized spacial score (nSPS) is 10.3. The second-order valence-electron chi connectivity index (χ2n) is 3.15. The molecule has 1 aromatic heterocycles. The van der Waals surface area contributed by atoms with Crippen LogP contribution in [0.3, 0.4) is 0 Å². The number of esters is 1. The minimum Gasteiger partial charge on any atom is -0.465 e. The van der Waals surface area contributed by atoms with E-state index < -0.39 is 0 Å². The van der Waals surface area contributed by atoms with Crippen molar-refractivity contribution in [1.82, 2.24) is 4.98 Å². The SMILES string of the molecule is COC(=O)c1cnc(-c2ccc(Br)cc2Cl)s1. The smallest absolute Gasteiger partial charge is 0.349 e. The lowest BCUT2D eigenvalue weighted by Gasteiger charge is -2.00. The fourth-order valence-electron chi connectivity index (χ4n) is 1.26. The van der Waals surface area contributed by atoms with Crippen LogP contribution in [0.5, 0.6) is 0 Å². The number of methoxy groups -OCH3 is 1. The van der Waals surface area contributed by atoms with Crippen molar-refractivity contribution < 1.29 is 9.53 Å². The van der Waals surface area contributed by atoms with Gasteiger partial charge >= 0.3 is 5.97 Å². The molecule has 3 nitrogen and oxygen atoms in total. The van der Waals surface area contributed by atoms with Crippen LogP contribution in [0, 0.1) is 0 Å². The highest BCUT2D eigenvalue weighted by Gasteiger charge is 2.13. The molecule has 0 aliphatic heterocycles. The van der Waals surface area contributed by atoms with E-state index in [2.05, 4.69) is 25.7 Å². The quantitative estimate of drug-likeness (QED) is 0.780. The molecule has 0 fully saturated rings. The molecule has 0 N–H and O–H groups in total. The van der Waals surface area contributed by atoms with Crippen LogP contribution < -0.4 is 0 Å². The second kappa shape index (κ2) is 5.16. The first kappa shape index (κ1) is 12.5. The molecule has 1 aromatic carbocycles. The Kier molecular flexibility index (Phi) is 3.81. The zero-order valence-electron chi connectivity index (χ0n) is 8.74. The first-order valence-corrected chi connectivity index (χ1v) is 6.60. The Morgan fingerprint density at radius 2 is 2.29 bits per heavy atom. The molecule has 0 atom stereocenters. The molecule has 6 heteroatoms. The zero-order chi connectivity index (χ0) is 12.4. The van der Waals surface area contributed by atoms with Crippen LogP contribution >= 0.6 is 38.9 Å². The van der Waals surface area contributed by atoms with Gasteiger partial charge in [-0.2, -0.15) is 0 Å². The van der Waals surface area contributed by atoms with E-state index >= 15 is 0 Å². The van der Waals surface area contributed by atoms with Gasteiger partial charge < -0.3 is 4.74 Å². The van der Waals surface area contributed by atoms with Gasteiger partial charge in [-0.25, -0.2) is 9.78 Å². The summed E-state index contributed by atoms with van der Waals surface area (Å²) in [6.07, 6.45) is 1.49. The van der Waals surface area contributed by atoms with Crippen molar-refractivity contribution >= 4 is 44.8 Å². The number of benzene rings is 1. The minimum atomic E-state index is -0.387. The van der Waals surface area contributed by atoms with E-state index in [0.29, 0.717) is 14.9 Å². The minimum absolute atomic E-state index is 0.387. The van der Waals surface area contributed by atoms with E-state index in [1.807, 2.05) is 12.1 Å². The lowest BCUT2D eigenvalue weighted by molar-refractivity contribution is 0.0606. The van der Waals surface area contributed by atoms with Crippen LogP contribution in [0.15, 0.2) is 28.9 Å². The molecule has 0 saturated carbocycles. The summed E-state index contributed by atoms with van der Waals surface area (Å²) in [4.78, 5) is 15.9. The molecule has 0 bridgehead atoms. The highest BCUT2D eigenvalue weighted by molar-refractivity contribution is 9.10. The summed E-state index contributed by atoms with van der Waals surface area (Å²) in [5, 5.41) is 1.29. The van der Waals surface area contributed by atoms with Crippen LogP contribution in [-0.2, 0) is 4.74 Å². The fraction of sp³-hybridized carbons (Fsp3) is 0.0909. The van der Waals surface area contributed by atoms with Gasteiger partial charge in [0.1, 0.15) is 9.88 Å². The molecule has 0 unspecified atom stereocenters. The first-order valence-electron chi connectivity index (χ1n) is 4.61. The van der Waals surface area contributed by atoms with Crippen LogP contribution in [0.1, 0.15) is 9.67 Å². The largest absolute Gasteiger partial charge is 0.465 e. The standard InChI is InChI=1S/C11H7BrClNO2S/c1-16-11(15)9-5-14-10(17-9)7-3-2-6(12)4-8(7)13/h2-5H,1H3. The molecule has 0 radical (unpaired) electrons. The van der Waals surface area contributed by atoms with E-state index in [1.165, 1.54) is 24.6 Å². The number of hydrogen-bond acceptors (Lipinski definition) is 4. The number of aromatic nitrogens is 1. The average Bonchev–Trinajstić information content (AvgIpc) is 2.77. The van der Waals surface area contributed by atoms with Crippen molar-refractivity contribution in [2.45, 2.75) is 0 Å². The number of halogens is 2. The van der Waals surface area contributed by atoms with E-state index in [9.17, 15) is 4.79 Å². The molecule has 0 spiro atoms. The summed E-state index contributed by atoms with van der Waals surface area (Å²) in [7, 11) is 1.34. The van der Waals surface area contributed by atoms with Crippen molar-refractivity contribution in [1.29, 1.82) is 0 Å². The Balaban J connectivity index is 2.40. The summed E-state index contributed by atoms with van der Waals surface area (Å²) in [5.74, 6) is -0.387. The van der Waals surface area contributed by atoms with Crippen molar-refractivity contribution in [3.63, 3.8) is 0 Å². The summed E-state index contributed by atoms with van der Waals surface area (Å²) in [6.45, 7) is 0. The van der Waals surface area contributed by atoms with E-state index in [1.54, 1.807) is 6.07 Å². The highest BCUT2D eigenvalue weighted by atomic mass is 79.9. The van der Waals surface area contributed by atoms with E-state index in [4.69, 9.17) is 11.6 Å². The van der Waals surface area contributed by atoms with Crippen LogP contribution in [0.2, 0.25) is 5.02 Å². The second-order valence-corrected chi connectivity index (χ2v) is 5.50. The molecular weight excluding hydrogens is 326 g/mol. The van der Waals surface area contributed by atoms with Crippen molar-refractivity contribution in [2.24, 2.45) is 0 Å². The Bertz CT molecular complexity index is 570. The van der Waals surface area contributed by atoms with Gasteiger partial charge in [-0.05, 0) is 18.2 Å². The predicted octanol–water partition coefficient (Wildman–Crippen LogP) is 4.01. The lowest BCUT2D eigenvalue weighted by atomic mass is 10.2. The number of nitrogens with zero attached hydrogens (tertiary/aromatic N) is 1. The molecule has 0 aliphatic carbocycles. The molecule has 88 valence electrons. The number of thiazole rings is 1. The number of hydrogen-bond donors (Lipinski definition) is 0. The molecule has 0 amide bonds. The Morgan fingerprint density at radius 3 is 2.94 bits per heavy atom. The van der Waals surface area contributed by atoms with Gasteiger partial charge in [0.15, 0.2) is 0 Å². The van der Waals surface area contributed by atoms with Crippen LogP contribution in [-0.4, -0.2) is 18.1 Å². The first-order chi connectivity index (χ1) is 8.11. The van der Waals surface area contributed by atoms with Gasteiger partial charge in [0.2, 0.25) is 0 Å². The fourth-order valence-corrected chi connectivity index (χ4v) is 2.95. The molecule has 17 heavy (non-hydrogen) atoms. The third-order valence-electron chi connectivity index (χ3n) is 2.05. The Hall–Kier alpha value is -0.910. The van der Waals surface area contributed by atoms with Crippen molar-refractivity contribution in [2.75, 3.05) is 7.11 Å². The Morgan fingerprint density at radius 1 is 1.53 bits per heavy atom. The third-order valence-corrected chi connectivity index (χ3v) is 3.87. The summed E-state index contributed by atoms with van der Waals surface area (Å²) in [6, 6.07) is 5.52. The van der Waals surface area contributed by atoms with Gasteiger partial charge in [0.05, 0.1) is 18.3 Å². The van der Waals surface area contributed by atoms with Gasteiger partial charge in [-0.15, -0.1) is 11.3 Å². The number of carbonyl (C=O) groups is 1. The third kappa shape index (κ3) is 2.68. The maximum Gasteiger partial charge on any atom is 0.349 e. The van der Waals surface area contributed by atoms with Gasteiger partial charge in [0, 0.05) is 10.0 Å². The molecular formula is C11H7BrClNO2S. The molecule has 1 heterocycles. The van der Waals surface area contributed by atoms with E-state index in [0.717, 1.165) is 10.0 Å². The zero-order valence-corrected chi connectivity index (χ0v) is 11.9. The van der Waals surface area contributed by atoms with Crippen LogP contribution in [0.25, 0.3) is 10.6 Å². The molecule has 0 saturated heterocycles. The van der Waals surface area contributed by atoms with Crippen LogP contribution in [0.4, 0.5) is 0 Å². The maximum absolute atomic E-state index is 11.3. The highest BCUT2D eigenvalue weighted by Crippen LogP contribution is 2.33. The van der Waals surface area contributed by atoms with Gasteiger partial charge in [-0.1, -0.05) is 27.5 Å². The van der Waals surface area contributed by atoms with Gasteiger partial charge in [-0.3, -0.25) is 0 Å². The maximum atomic E-state index is 11.3. The molecule has 2 aromatic rings. The van der Waals surface area contributed by atoms with Gasteiger partial charge in [0.25, 0.3) is 0 Å². The molecule has 0 aliphatic rings. The number of carbonyl (C=O) groups excluding carboxylic acids is 1. The average molecular weight is 333 g/mol. The topological polar surface area (TPSA) is 39.2 Å². The Labute approximate surface area is 116 Å². The number of ether oxygens (including phenoxy) is 1. The molecule has 2 rings (SSSR count). The summed E-state index contributed by atoms with van der Waals surface area (Å²) < 4.78 is 5.52. The van der Waals surface area contributed by atoms with Crippen molar-refractivity contribution in [3.8, 4) is 10.6 Å². The summed E-state index contributed by atoms with van der Waals surface area (Å²) in [5.41, 5.74) is 0.801. The number of rotatable bonds is 2. The lowest BCUT2D eigenvalue weighted by Crippen LogP contribution is -1.96. The van der Waals surface area contributed by atoms with E-state index in [-0.39, 0.29) is 5.97 Å². The van der Waals surface area contributed by atoms with Crippen molar-refractivity contribution in [3.05, 3.63) is 38.8 Å². The monoisotopic (exact) mass is 331 g/mol. The predicted molar refractivity (Wildman–Crippen MR) is 71.6 cm³/mol.